The van der Waals surface area contributed by atoms with Crippen LogP contribution in [0.25, 0.3) is 0 Å². The summed E-state index contributed by atoms with van der Waals surface area (Å²) >= 11 is 0. The van der Waals surface area contributed by atoms with Gasteiger partial charge in [0, 0.05) is 0 Å². The monoisotopic (exact) mass is 286 g/mol. The number of hydrogen-bond donors (Lipinski definition) is 0. The topological polar surface area (TPSA) is 27.7 Å². The minimum Gasteiger partial charge on any atom is -0.501 e. The van der Waals surface area contributed by atoms with Crippen LogP contribution >= 0.6 is 0 Å². The van der Waals surface area contributed by atoms with Gasteiger partial charge in [0.1, 0.15) is 11.5 Å². The Morgan fingerprint density at radius 2 is 1.10 bits per heavy atom. The lowest BCUT2D eigenvalue weighted by atomic mass is 10.2. The molecule has 0 aromatic heterocycles. The van der Waals surface area contributed by atoms with Gasteiger partial charge in [-0.15, -0.1) is 0 Å². The van der Waals surface area contributed by atoms with Crippen LogP contribution < -0.4 is 9.31 Å². The van der Waals surface area contributed by atoms with Crippen LogP contribution in [0.2, 0.25) is 19.6 Å². The van der Waals surface area contributed by atoms with Crippen LogP contribution in [-0.4, -0.2) is 15.6 Å². The molecule has 0 aliphatic carbocycles. The Morgan fingerprint density at radius 3 is 1.45 bits per heavy atom. The second-order valence-electron chi connectivity index (χ2n) is 5.38. The van der Waals surface area contributed by atoms with E-state index in [0.717, 1.165) is 11.5 Å². The fraction of sp³-hybridized carbons (Fsp3) is 0.200. The standard InChI is InChI=1S/C15H19BO3Si/c1-20(2,3)19-16(17-14-10-6-4-7-11-14)18-15-12-8-5-9-13-15/h4-13H,1-3H3. The number of benzene rings is 2. The summed E-state index contributed by atoms with van der Waals surface area (Å²) in [5.74, 6) is 1.46. The molecule has 2 aromatic rings. The minimum absolute atomic E-state index is 0.728. The van der Waals surface area contributed by atoms with Gasteiger partial charge in [0.25, 0.3) is 0 Å². The summed E-state index contributed by atoms with van der Waals surface area (Å²) < 4.78 is 17.5. The molecule has 0 amide bonds. The molecule has 0 radical (unpaired) electrons. The molecule has 0 N–H and O–H groups in total. The Morgan fingerprint density at radius 1 is 0.700 bits per heavy atom. The minimum atomic E-state index is -1.78. The molecule has 0 unspecified atom stereocenters. The van der Waals surface area contributed by atoms with Gasteiger partial charge in [-0.1, -0.05) is 36.4 Å². The largest absolute Gasteiger partial charge is 0.777 e. The predicted octanol–water partition coefficient (Wildman–Crippen LogP) is 3.98. The van der Waals surface area contributed by atoms with Gasteiger partial charge in [-0.05, 0) is 43.9 Å². The second kappa shape index (κ2) is 6.63. The Kier molecular flexibility index (Phi) is 4.87. The third kappa shape index (κ3) is 5.11. The highest BCUT2D eigenvalue weighted by molar-refractivity contribution is 6.75. The Hall–Kier alpha value is -1.72. The molecule has 104 valence electrons. The second-order valence-corrected chi connectivity index (χ2v) is 9.84. The van der Waals surface area contributed by atoms with Crippen LogP contribution in [0.15, 0.2) is 60.7 Å². The first-order chi connectivity index (χ1) is 9.53. The zero-order valence-electron chi connectivity index (χ0n) is 12.1. The Labute approximate surface area is 121 Å². The zero-order chi connectivity index (χ0) is 14.4. The molecule has 0 saturated carbocycles. The first-order valence-electron chi connectivity index (χ1n) is 6.64. The summed E-state index contributed by atoms with van der Waals surface area (Å²) in [6, 6.07) is 19.1. The summed E-state index contributed by atoms with van der Waals surface area (Å²) in [6.45, 7) is 6.30. The van der Waals surface area contributed by atoms with Crippen molar-refractivity contribution in [2.45, 2.75) is 19.6 Å². The van der Waals surface area contributed by atoms with Gasteiger partial charge in [-0.3, -0.25) is 0 Å². The fourth-order valence-corrected chi connectivity index (χ4v) is 2.25. The van der Waals surface area contributed by atoms with Crippen LogP contribution in [0.1, 0.15) is 0 Å². The molecular weight excluding hydrogens is 267 g/mol. The molecule has 0 fully saturated rings. The molecule has 0 bridgehead atoms. The molecule has 20 heavy (non-hydrogen) atoms. The smallest absolute Gasteiger partial charge is 0.501 e. The first kappa shape index (κ1) is 14.7. The van der Waals surface area contributed by atoms with Crippen molar-refractivity contribution in [3.63, 3.8) is 0 Å². The number of hydrogen-bond acceptors (Lipinski definition) is 3. The molecule has 0 heterocycles. The van der Waals surface area contributed by atoms with Crippen molar-refractivity contribution in [2.75, 3.05) is 0 Å². The van der Waals surface area contributed by atoms with Crippen molar-refractivity contribution in [1.82, 2.24) is 0 Å². The molecule has 3 nitrogen and oxygen atoms in total. The highest BCUT2D eigenvalue weighted by Gasteiger charge is 2.33. The van der Waals surface area contributed by atoms with Gasteiger partial charge in [0.2, 0.25) is 0 Å². The maximum atomic E-state index is 5.94. The van der Waals surface area contributed by atoms with Crippen LogP contribution in [0.3, 0.4) is 0 Å². The van der Waals surface area contributed by atoms with Crippen molar-refractivity contribution in [3.05, 3.63) is 60.7 Å². The summed E-state index contributed by atoms with van der Waals surface area (Å²) in [6.07, 6.45) is 0. The molecule has 0 spiro atoms. The van der Waals surface area contributed by atoms with E-state index < -0.39 is 15.6 Å². The van der Waals surface area contributed by atoms with E-state index in [0.29, 0.717) is 0 Å². The van der Waals surface area contributed by atoms with Gasteiger partial charge in [-0.25, -0.2) is 0 Å². The lowest BCUT2D eigenvalue weighted by Gasteiger charge is -2.23. The summed E-state index contributed by atoms with van der Waals surface area (Å²) in [5.41, 5.74) is 0. The Bertz CT molecular complexity index is 472. The lowest BCUT2D eigenvalue weighted by Crippen LogP contribution is -2.43. The fourth-order valence-electron chi connectivity index (χ4n) is 1.58. The van der Waals surface area contributed by atoms with Gasteiger partial charge in [0.15, 0.2) is 8.32 Å². The van der Waals surface area contributed by atoms with Crippen LogP contribution in [0.4, 0.5) is 0 Å². The van der Waals surface area contributed by atoms with Crippen molar-refractivity contribution in [3.8, 4) is 11.5 Å². The first-order valence-corrected chi connectivity index (χ1v) is 10.0. The molecule has 2 rings (SSSR count). The predicted molar refractivity (Wildman–Crippen MR) is 84.3 cm³/mol. The maximum Gasteiger partial charge on any atom is 0.777 e. The van der Waals surface area contributed by atoms with Crippen molar-refractivity contribution in [2.24, 2.45) is 0 Å². The molecule has 0 saturated heterocycles. The van der Waals surface area contributed by atoms with Crippen LogP contribution in [-0.2, 0) is 4.34 Å². The molecule has 0 aliphatic rings. The summed E-state index contributed by atoms with van der Waals surface area (Å²) in [7, 11) is -2.51. The van der Waals surface area contributed by atoms with E-state index in [1.165, 1.54) is 0 Å². The van der Waals surface area contributed by atoms with Gasteiger partial charge in [-0.2, -0.15) is 0 Å². The average Bonchev–Trinajstić information content (AvgIpc) is 2.39. The SMILES string of the molecule is C[Si](C)(C)OB(Oc1ccccc1)Oc1ccccc1. The zero-order valence-corrected chi connectivity index (χ0v) is 13.1. The van der Waals surface area contributed by atoms with Gasteiger partial charge in [0.05, 0.1) is 0 Å². The average molecular weight is 286 g/mol. The molecule has 5 heteroatoms. The summed E-state index contributed by atoms with van der Waals surface area (Å²) in [4.78, 5) is 0. The summed E-state index contributed by atoms with van der Waals surface area (Å²) in [5, 5.41) is 0. The van der Waals surface area contributed by atoms with E-state index in [1.807, 2.05) is 60.7 Å². The molecule has 0 aliphatic heterocycles. The van der Waals surface area contributed by atoms with E-state index in [-0.39, 0.29) is 0 Å². The highest BCUT2D eigenvalue weighted by atomic mass is 28.4. The van der Waals surface area contributed by atoms with Crippen LogP contribution in [0.5, 0.6) is 11.5 Å². The van der Waals surface area contributed by atoms with Crippen molar-refractivity contribution < 1.29 is 13.7 Å². The third-order valence-electron chi connectivity index (χ3n) is 2.40. The van der Waals surface area contributed by atoms with E-state index in [1.54, 1.807) is 0 Å². The molecular formula is C15H19BO3Si. The third-order valence-corrected chi connectivity index (χ3v) is 3.30. The van der Waals surface area contributed by atoms with E-state index in [4.69, 9.17) is 13.7 Å². The van der Waals surface area contributed by atoms with Gasteiger partial charge < -0.3 is 13.7 Å². The highest BCUT2D eigenvalue weighted by Crippen LogP contribution is 2.17. The van der Waals surface area contributed by atoms with Crippen molar-refractivity contribution in [1.29, 1.82) is 0 Å². The van der Waals surface area contributed by atoms with E-state index >= 15 is 0 Å². The molecule has 0 atom stereocenters. The van der Waals surface area contributed by atoms with Crippen LogP contribution in [0, 0.1) is 0 Å². The van der Waals surface area contributed by atoms with Crippen molar-refractivity contribution >= 4 is 15.6 Å². The normalized spacial score (nSPS) is 10.9. The quantitative estimate of drug-likeness (QED) is 0.752. The number of para-hydroxylation sites is 2. The Balaban J connectivity index is 2.08. The van der Waals surface area contributed by atoms with E-state index in [9.17, 15) is 0 Å². The number of rotatable bonds is 6. The molecule has 2 aromatic carbocycles. The van der Waals surface area contributed by atoms with Gasteiger partial charge >= 0.3 is 7.32 Å². The maximum absolute atomic E-state index is 5.94. The lowest BCUT2D eigenvalue weighted by molar-refractivity contribution is 0.305. The van der Waals surface area contributed by atoms with E-state index in [2.05, 4.69) is 19.6 Å².